The van der Waals surface area contributed by atoms with E-state index in [9.17, 15) is 14.8 Å². The zero-order valence-corrected chi connectivity index (χ0v) is 17.3. The number of ether oxygens (including phenoxy) is 1. The smallest absolute Gasteiger partial charge is 0.256 e. The van der Waals surface area contributed by atoms with Gasteiger partial charge in [0, 0.05) is 24.7 Å². The van der Waals surface area contributed by atoms with Crippen molar-refractivity contribution in [3.05, 3.63) is 57.5 Å². The summed E-state index contributed by atoms with van der Waals surface area (Å²) in [7, 11) is 3.97. The Hall–Kier alpha value is -2.93. The van der Waals surface area contributed by atoms with Crippen LogP contribution in [0.25, 0.3) is 0 Å². The van der Waals surface area contributed by atoms with Crippen LogP contribution < -0.4 is 4.74 Å². The van der Waals surface area contributed by atoms with Crippen molar-refractivity contribution >= 4 is 11.6 Å². The average Bonchev–Trinajstić information content (AvgIpc) is 3.11. The molecule has 1 amide bonds. The summed E-state index contributed by atoms with van der Waals surface area (Å²) in [5, 5.41) is 13.1. The van der Waals surface area contributed by atoms with Crippen molar-refractivity contribution in [1.82, 2.24) is 9.80 Å². The Labute approximate surface area is 170 Å². The first-order chi connectivity index (χ1) is 13.8. The van der Waals surface area contributed by atoms with Gasteiger partial charge < -0.3 is 19.6 Å². The maximum atomic E-state index is 13.2. The Kier molecular flexibility index (Phi) is 6.17. The molecule has 3 rings (SSSR count). The molecule has 0 radical (unpaired) electrons. The summed E-state index contributed by atoms with van der Waals surface area (Å²) in [6.45, 7) is 6.04. The zero-order valence-electron chi connectivity index (χ0n) is 17.3. The van der Waals surface area contributed by atoms with Crippen molar-refractivity contribution in [3.8, 4) is 11.5 Å². The van der Waals surface area contributed by atoms with Gasteiger partial charge in [-0.2, -0.15) is 0 Å². The van der Waals surface area contributed by atoms with Crippen molar-refractivity contribution < 1.29 is 14.6 Å². The molecule has 0 unspecified atom stereocenters. The molecule has 29 heavy (non-hydrogen) atoms. The average molecular weight is 397 g/mol. The Bertz CT molecular complexity index is 925. The Morgan fingerprint density at radius 2 is 2.03 bits per heavy atom. The van der Waals surface area contributed by atoms with E-state index in [1.807, 2.05) is 51.0 Å². The molecule has 2 aromatic carbocycles. The molecular weight excluding hydrogens is 370 g/mol. The normalized spacial score (nSPS) is 13.1. The third kappa shape index (κ3) is 4.40. The predicted octanol–water partition coefficient (Wildman–Crippen LogP) is 4.01. The highest BCUT2D eigenvalue weighted by Crippen LogP contribution is 2.36. The topological polar surface area (TPSA) is 82.4 Å². The molecule has 1 aliphatic rings. The fourth-order valence-corrected chi connectivity index (χ4v) is 3.48. The van der Waals surface area contributed by atoms with Crippen molar-refractivity contribution in [2.75, 3.05) is 27.2 Å². The van der Waals surface area contributed by atoms with E-state index < -0.39 is 0 Å². The lowest BCUT2D eigenvalue weighted by Crippen LogP contribution is -2.25. The Morgan fingerprint density at radius 3 is 2.69 bits per heavy atom. The van der Waals surface area contributed by atoms with E-state index >= 15 is 0 Å². The summed E-state index contributed by atoms with van der Waals surface area (Å²) in [5.41, 5.74) is 2.80. The van der Waals surface area contributed by atoms with E-state index in [1.54, 1.807) is 11.0 Å². The predicted molar refractivity (Wildman–Crippen MR) is 112 cm³/mol. The summed E-state index contributed by atoms with van der Waals surface area (Å²) < 4.78 is 5.92. The van der Waals surface area contributed by atoms with E-state index in [2.05, 4.69) is 5.18 Å². The molecule has 154 valence electrons. The lowest BCUT2D eigenvalue weighted by molar-refractivity contribution is 0.0751. The molecule has 0 bridgehead atoms. The molecular formula is C22H27N3O4. The number of carbonyl (C=O) groups excluding carboxylic acids is 1. The summed E-state index contributed by atoms with van der Waals surface area (Å²) in [5.74, 6) is 0.487. The number of nitrogens with zero attached hydrogens (tertiary/aromatic N) is 3. The number of likely N-dealkylation sites (N-methyl/N-ethyl adjacent to an activating group) is 1. The van der Waals surface area contributed by atoms with E-state index in [4.69, 9.17) is 4.74 Å². The highest BCUT2D eigenvalue weighted by Gasteiger charge is 2.29. The van der Waals surface area contributed by atoms with Gasteiger partial charge in [0.15, 0.2) is 0 Å². The maximum Gasteiger partial charge on any atom is 0.256 e. The van der Waals surface area contributed by atoms with Crippen LogP contribution in [0.15, 0.2) is 35.5 Å². The number of phenolic OH excluding ortho intramolecular Hbond substituents is 1. The number of nitroso groups, excluding NO2 is 1. The molecule has 7 nitrogen and oxygen atoms in total. The lowest BCUT2D eigenvalue weighted by Gasteiger charge is -2.18. The van der Waals surface area contributed by atoms with Crippen molar-refractivity contribution in [1.29, 1.82) is 0 Å². The van der Waals surface area contributed by atoms with Crippen molar-refractivity contribution in [3.63, 3.8) is 0 Å². The third-order valence-corrected chi connectivity index (χ3v) is 5.12. The summed E-state index contributed by atoms with van der Waals surface area (Å²) in [4.78, 5) is 28.2. The molecule has 2 aromatic rings. The summed E-state index contributed by atoms with van der Waals surface area (Å²) in [6, 6.07) is 8.67. The number of aromatic hydroxyl groups is 1. The molecule has 0 atom stereocenters. The number of fused-ring (bicyclic) bond motifs is 1. The number of hydrogen-bond donors (Lipinski definition) is 1. The molecule has 0 spiro atoms. The van der Waals surface area contributed by atoms with Crippen LogP contribution in [-0.2, 0) is 13.1 Å². The van der Waals surface area contributed by atoms with Gasteiger partial charge in [-0.3, -0.25) is 4.79 Å². The number of benzene rings is 2. The highest BCUT2D eigenvalue weighted by atomic mass is 16.5. The minimum Gasteiger partial charge on any atom is -0.508 e. The largest absolute Gasteiger partial charge is 0.508 e. The second-order valence-corrected chi connectivity index (χ2v) is 7.88. The van der Waals surface area contributed by atoms with Gasteiger partial charge >= 0.3 is 0 Å². The monoisotopic (exact) mass is 397 g/mol. The van der Waals surface area contributed by atoms with Crippen LogP contribution in [0.4, 0.5) is 5.69 Å². The quantitative estimate of drug-likeness (QED) is 0.714. The maximum absolute atomic E-state index is 13.2. The minimum atomic E-state index is -0.281. The number of amides is 1. The first kappa shape index (κ1) is 20.8. The summed E-state index contributed by atoms with van der Waals surface area (Å²) >= 11 is 0. The number of phenols is 1. The van der Waals surface area contributed by atoms with Gasteiger partial charge in [-0.25, -0.2) is 0 Å². The Balaban J connectivity index is 1.85. The standard InChI is InChI=1S/C22H27N3O4/c1-14(2)16-10-17(19(23-28)11-20(16)26)22(27)25-12-15-6-5-7-21(18(15)13-25)29-9-8-24(3)4/h5-7,10-11,14,26H,8-9,12-13H2,1-4H3. The van der Waals surface area contributed by atoms with Gasteiger partial charge in [-0.05, 0) is 48.4 Å². The molecule has 7 heteroatoms. The second kappa shape index (κ2) is 8.61. The zero-order chi connectivity index (χ0) is 21.1. The molecule has 1 heterocycles. The van der Waals surface area contributed by atoms with Crippen molar-refractivity contribution in [2.45, 2.75) is 32.9 Å². The molecule has 1 aliphatic heterocycles. The Morgan fingerprint density at radius 1 is 1.28 bits per heavy atom. The first-order valence-electron chi connectivity index (χ1n) is 9.69. The molecule has 1 N–H and O–H groups in total. The van der Waals surface area contributed by atoms with Gasteiger partial charge in [-0.15, -0.1) is 4.91 Å². The van der Waals surface area contributed by atoms with Gasteiger partial charge in [0.05, 0.1) is 12.1 Å². The molecule has 0 saturated heterocycles. The van der Waals surface area contributed by atoms with Crippen LogP contribution in [0.3, 0.4) is 0 Å². The lowest BCUT2D eigenvalue weighted by atomic mass is 9.98. The number of carbonyl (C=O) groups is 1. The first-order valence-corrected chi connectivity index (χ1v) is 9.69. The fraction of sp³-hybridized carbons (Fsp3) is 0.409. The van der Waals surface area contributed by atoms with Gasteiger partial charge in [0.1, 0.15) is 23.8 Å². The fourth-order valence-electron chi connectivity index (χ4n) is 3.48. The van der Waals surface area contributed by atoms with Crippen LogP contribution in [-0.4, -0.2) is 48.1 Å². The van der Waals surface area contributed by atoms with Gasteiger partial charge in [0.25, 0.3) is 5.91 Å². The van der Waals surface area contributed by atoms with Crippen LogP contribution in [0.5, 0.6) is 11.5 Å². The van der Waals surface area contributed by atoms with Crippen LogP contribution in [0.2, 0.25) is 0 Å². The van der Waals surface area contributed by atoms with Crippen LogP contribution in [0.1, 0.15) is 46.8 Å². The second-order valence-electron chi connectivity index (χ2n) is 7.88. The van der Waals surface area contributed by atoms with Crippen molar-refractivity contribution in [2.24, 2.45) is 5.18 Å². The minimum absolute atomic E-state index is 0.00901. The van der Waals surface area contributed by atoms with E-state index in [0.29, 0.717) is 25.3 Å². The molecule has 0 saturated carbocycles. The van der Waals surface area contributed by atoms with Gasteiger partial charge in [-0.1, -0.05) is 26.0 Å². The number of rotatable bonds is 7. The van der Waals surface area contributed by atoms with E-state index in [1.165, 1.54) is 6.07 Å². The summed E-state index contributed by atoms with van der Waals surface area (Å²) in [6.07, 6.45) is 0. The number of hydrogen-bond acceptors (Lipinski definition) is 6. The highest BCUT2D eigenvalue weighted by molar-refractivity contribution is 6.00. The van der Waals surface area contributed by atoms with E-state index in [0.717, 1.165) is 23.4 Å². The SMILES string of the molecule is CC(C)c1cc(C(=O)N2Cc3cccc(OCCN(C)C)c3C2)c(N=O)cc1O. The third-order valence-electron chi connectivity index (χ3n) is 5.12. The molecule has 0 fully saturated rings. The molecule has 0 aliphatic carbocycles. The molecule has 0 aromatic heterocycles. The van der Waals surface area contributed by atoms with Gasteiger partial charge in [0.2, 0.25) is 0 Å². The van der Waals surface area contributed by atoms with Crippen LogP contribution >= 0.6 is 0 Å². The van der Waals surface area contributed by atoms with Crippen LogP contribution in [0, 0.1) is 4.91 Å². The van der Waals surface area contributed by atoms with E-state index in [-0.39, 0.29) is 28.8 Å².